The van der Waals surface area contributed by atoms with E-state index in [9.17, 15) is 4.79 Å². The molecule has 20 heavy (non-hydrogen) atoms. The van der Waals surface area contributed by atoms with Crippen molar-refractivity contribution in [1.82, 2.24) is 20.5 Å². The number of aromatic amines is 1. The number of aryl methyl sites for hydroxylation is 3. The Hall–Kier alpha value is -1.69. The Morgan fingerprint density at radius 2 is 2.10 bits per heavy atom. The van der Waals surface area contributed by atoms with Gasteiger partial charge in [-0.15, -0.1) is 11.3 Å². The summed E-state index contributed by atoms with van der Waals surface area (Å²) in [5, 5.41) is 11.0. The van der Waals surface area contributed by atoms with Crippen molar-refractivity contribution in [3.05, 3.63) is 32.5 Å². The van der Waals surface area contributed by atoms with Gasteiger partial charge in [0.25, 0.3) is 5.91 Å². The first-order chi connectivity index (χ1) is 9.43. The van der Waals surface area contributed by atoms with E-state index in [1.165, 1.54) is 0 Å². The Labute approximate surface area is 122 Å². The molecule has 1 amide bonds. The summed E-state index contributed by atoms with van der Waals surface area (Å²) in [6, 6.07) is -0.117. The van der Waals surface area contributed by atoms with Crippen LogP contribution in [0.1, 0.15) is 57.2 Å². The third kappa shape index (κ3) is 2.75. The van der Waals surface area contributed by atoms with Gasteiger partial charge in [-0.25, -0.2) is 4.98 Å². The minimum Gasteiger partial charge on any atom is -0.342 e. The predicted molar refractivity (Wildman–Crippen MR) is 80.2 cm³/mol. The van der Waals surface area contributed by atoms with E-state index in [1.807, 2.05) is 34.6 Å². The number of carbonyl (C=O) groups excluding carboxylic acids is 1. The van der Waals surface area contributed by atoms with Crippen molar-refractivity contribution >= 4 is 17.2 Å². The highest BCUT2D eigenvalue weighted by molar-refractivity contribution is 7.11. The van der Waals surface area contributed by atoms with Gasteiger partial charge in [0.15, 0.2) is 5.69 Å². The molecule has 0 fully saturated rings. The van der Waals surface area contributed by atoms with Crippen molar-refractivity contribution in [3.63, 3.8) is 0 Å². The van der Waals surface area contributed by atoms with E-state index < -0.39 is 0 Å². The Morgan fingerprint density at radius 1 is 1.40 bits per heavy atom. The number of H-pyrrole nitrogens is 1. The standard InChI is InChI=1S/C14H20N4OS/c1-6-11-7(2)12(18-17-11)14(19)15-8(3)13-9(4)20-10(5)16-13/h8H,6H2,1-5H3,(H,15,19)(H,17,18). The predicted octanol–water partition coefficient (Wildman–Crippen LogP) is 2.84. The van der Waals surface area contributed by atoms with Gasteiger partial charge < -0.3 is 5.32 Å². The number of rotatable bonds is 4. The number of nitrogens with one attached hydrogen (secondary N) is 2. The van der Waals surface area contributed by atoms with Gasteiger partial charge in [0.05, 0.1) is 16.7 Å². The van der Waals surface area contributed by atoms with Crippen molar-refractivity contribution in [2.24, 2.45) is 0 Å². The molecule has 2 rings (SSSR count). The van der Waals surface area contributed by atoms with Gasteiger partial charge in [-0.1, -0.05) is 6.92 Å². The van der Waals surface area contributed by atoms with Crippen molar-refractivity contribution in [1.29, 1.82) is 0 Å². The second-order valence-electron chi connectivity index (χ2n) is 4.90. The highest BCUT2D eigenvalue weighted by Crippen LogP contribution is 2.23. The summed E-state index contributed by atoms with van der Waals surface area (Å²) in [4.78, 5) is 17.9. The van der Waals surface area contributed by atoms with E-state index in [0.29, 0.717) is 5.69 Å². The first kappa shape index (κ1) is 14.7. The molecule has 1 unspecified atom stereocenters. The number of aromatic nitrogens is 3. The summed E-state index contributed by atoms with van der Waals surface area (Å²) in [6.07, 6.45) is 0.839. The zero-order valence-electron chi connectivity index (χ0n) is 12.5. The normalized spacial score (nSPS) is 12.4. The maximum Gasteiger partial charge on any atom is 0.272 e. The monoisotopic (exact) mass is 292 g/mol. The van der Waals surface area contributed by atoms with Crippen LogP contribution in [0.3, 0.4) is 0 Å². The summed E-state index contributed by atoms with van der Waals surface area (Å²) >= 11 is 1.65. The fourth-order valence-electron chi connectivity index (χ4n) is 2.28. The largest absolute Gasteiger partial charge is 0.342 e. The molecule has 2 N–H and O–H groups in total. The quantitative estimate of drug-likeness (QED) is 0.910. The van der Waals surface area contributed by atoms with Crippen molar-refractivity contribution < 1.29 is 4.79 Å². The summed E-state index contributed by atoms with van der Waals surface area (Å²) in [6.45, 7) is 9.90. The molecule has 108 valence electrons. The smallest absolute Gasteiger partial charge is 0.272 e. The van der Waals surface area contributed by atoms with E-state index in [2.05, 4.69) is 20.5 Å². The van der Waals surface area contributed by atoms with Gasteiger partial charge in [-0.3, -0.25) is 9.89 Å². The molecular weight excluding hydrogens is 272 g/mol. The lowest BCUT2D eigenvalue weighted by atomic mass is 10.1. The Bertz CT molecular complexity index is 629. The van der Waals surface area contributed by atoms with Crippen LogP contribution in [0, 0.1) is 20.8 Å². The molecule has 0 radical (unpaired) electrons. The minimum absolute atomic E-state index is 0.117. The van der Waals surface area contributed by atoms with Crippen LogP contribution in [-0.2, 0) is 6.42 Å². The lowest BCUT2D eigenvalue weighted by Crippen LogP contribution is -2.28. The van der Waals surface area contributed by atoms with Crippen LogP contribution in [-0.4, -0.2) is 21.1 Å². The molecule has 0 spiro atoms. The Balaban J connectivity index is 2.15. The zero-order chi connectivity index (χ0) is 14.9. The van der Waals surface area contributed by atoms with Crippen molar-refractivity contribution in [3.8, 4) is 0 Å². The molecule has 0 aromatic carbocycles. The molecule has 0 saturated carbocycles. The van der Waals surface area contributed by atoms with E-state index in [0.717, 1.165) is 33.3 Å². The molecule has 1 atom stereocenters. The van der Waals surface area contributed by atoms with Crippen LogP contribution < -0.4 is 5.32 Å². The maximum atomic E-state index is 12.3. The minimum atomic E-state index is -0.156. The van der Waals surface area contributed by atoms with E-state index in [4.69, 9.17) is 0 Å². The fourth-order valence-corrected chi connectivity index (χ4v) is 3.19. The first-order valence-electron chi connectivity index (χ1n) is 6.72. The topological polar surface area (TPSA) is 70.7 Å². The summed E-state index contributed by atoms with van der Waals surface area (Å²) in [5.74, 6) is -0.156. The first-order valence-corrected chi connectivity index (χ1v) is 7.54. The molecule has 0 bridgehead atoms. The summed E-state index contributed by atoms with van der Waals surface area (Å²) in [5.41, 5.74) is 3.33. The number of hydrogen-bond acceptors (Lipinski definition) is 4. The number of carbonyl (C=O) groups is 1. The van der Waals surface area contributed by atoms with Crippen LogP contribution >= 0.6 is 11.3 Å². The maximum absolute atomic E-state index is 12.3. The summed E-state index contributed by atoms with van der Waals surface area (Å²) in [7, 11) is 0. The molecule has 0 aliphatic carbocycles. The van der Waals surface area contributed by atoms with Gasteiger partial charge in [-0.2, -0.15) is 5.10 Å². The second-order valence-corrected chi connectivity index (χ2v) is 6.31. The van der Waals surface area contributed by atoms with E-state index in [1.54, 1.807) is 11.3 Å². The van der Waals surface area contributed by atoms with Gasteiger partial charge in [-0.05, 0) is 34.1 Å². The van der Waals surface area contributed by atoms with Crippen LogP contribution in [0.5, 0.6) is 0 Å². The van der Waals surface area contributed by atoms with Crippen molar-refractivity contribution in [2.45, 2.75) is 47.1 Å². The van der Waals surface area contributed by atoms with Crippen LogP contribution in [0.2, 0.25) is 0 Å². The van der Waals surface area contributed by atoms with Gasteiger partial charge >= 0.3 is 0 Å². The molecule has 0 saturated heterocycles. The fraction of sp³-hybridized carbons (Fsp3) is 0.500. The molecule has 6 heteroatoms. The SMILES string of the molecule is CCc1[nH]nc(C(=O)NC(C)c2nc(C)sc2C)c1C. The number of hydrogen-bond donors (Lipinski definition) is 2. The highest BCUT2D eigenvalue weighted by Gasteiger charge is 2.20. The van der Waals surface area contributed by atoms with Gasteiger partial charge in [0.1, 0.15) is 0 Å². The third-order valence-corrected chi connectivity index (χ3v) is 4.28. The Kier molecular flexibility index (Phi) is 4.23. The van der Waals surface area contributed by atoms with Crippen LogP contribution in [0.25, 0.3) is 0 Å². The molecule has 5 nitrogen and oxygen atoms in total. The lowest BCUT2D eigenvalue weighted by Gasteiger charge is -2.12. The molecule has 0 aliphatic rings. The molecular formula is C14H20N4OS. The second kappa shape index (κ2) is 5.75. The van der Waals surface area contributed by atoms with Crippen LogP contribution in [0.4, 0.5) is 0 Å². The van der Waals surface area contributed by atoms with Gasteiger partial charge in [0.2, 0.25) is 0 Å². The summed E-state index contributed by atoms with van der Waals surface area (Å²) < 4.78 is 0. The molecule has 2 heterocycles. The van der Waals surface area contributed by atoms with Crippen molar-refractivity contribution in [2.75, 3.05) is 0 Å². The van der Waals surface area contributed by atoms with Crippen LogP contribution in [0.15, 0.2) is 0 Å². The number of nitrogens with zero attached hydrogens (tertiary/aromatic N) is 2. The zero-order valence-corrected chi connectivity index (χ0v) is 13.3. The van der Waals surface area contributed by atoms with E-state index in [-0.39, 0.29) is 11.9 Å². The molecule has 2 aromatic heterocycles. The average Bonchev–Trinajstić information content (AvgIpc) is 2.91. The third-order valence-electron chi connectivity index (χ3n) is 3.38. The number of thiazole rings is 1. The molecule has 2 aromatic rings. The number of amides is 1. The lowest BCUT2D eigenvalue weighted by molar-refractivity contribution is 0.0933. The highest BCUT2D eigenvalue weighted by atomic mass is 32.1. The van der Waals surface area contributed by atoms with E-state index >= 15 is 0 Å². The molecule has 0 aliphatic heterocycles. The Morgan fingerprint density at radius 3 is 2.60 bits per heavy atom. The average molecular weight is 292 g/mol. The van der Waals surface area contributed by atoms with Gasteiger partial charge in [0, 0.05) is 16.1 Å².